The second-order valence-electron chi connectivity index (χ2n) is 4.20. The number of rotatable bonds is 6. The lowest BCUT2D eigenvalue weighted by molar-refractivity contribution is 0.385. The Morgan fingerprint density at radius 3 is 2.62 bits per heavy atom. The zero-order valence-electron chi connectivity index (χ0n) is 9.74. The van der Waals surface area contributed by atoms with Crippen LogP contribution >= 0.6 is 11.8 Å². The van der Waals surface area contributed by atoms with Crippen molar-refractivity contribution in [2.45, 2.75) is 6.42 Å². The predicted molar refractivity (Wildman–Crippen MR) is 70.4 cm³/mol. The van der Waals surface area contributed by atoms with Gasteiger partial charge in [-0.15, -0.1) is 0 Å². The van der Waals surface area contributed by atoms with Crippen molar-refractivity contribution in [2.75, 3.05) is 31.7 Å². The van der Waals surface area contributed by atoms with Gasteiger partial charge < -0.3 is 10.1 Å². The van der Waals surface area contributed by atoms with Crippen LogP contribution in [-0.4, -0.2) is 31.7 Å². The Balaban J connectivity index is 1.64. The van der Waals surface area contributed by atoms with E-state index in [2.05, 4.69) is 29.2 Å². The van der Waals surface area contributed by atoms with Crippen LogP contribution < -0.4 is 10.1 Å². The summed E-state index contributed by atoms with van der Waals surface area (Å²) in [5.41, 5.74) is 1.40. The quantitative estimate of drug-likeness (QED) is 0.766. The summed E-state index contributed by atoms with van der Waals surface area (Å²) in [6, 6.07) is 8.39. The van der Waals surface area contributed by atoms with E-state index in [0.717, 1.165) is 18.1 Å². The summed E-state index contributed by atoms with van der Waals surface area (Å²) in [7, 11) is 1.71. The van der Waals surface area contributed by atoms with Crippen LogP contribution in [0.3, 0.4) is 0 Å². The summed E-state index contributed by atoms with van der Waals surface area (Å²) in [5.74, 6) is 4.39. The van der Waals surface area contributed by atoms with Crippen molar-refractivity contribution < 1.29 is 4.74 Å². The maximum atomic E-state index is 5.14. The number of hydrogen-bond acceptors (Lipinski definition) is 3. The lowest BCUT2D eigenvalue weighted by Crippen LogP contribution is -2.43. The van der Waals surface area contributed by atoms with Crippen molar-refractivity contribution in [3.8, 4) is 5.75 Å². The average Bonchev–Trinajstić information content (AvgIpc) is 2.27. The predicted octanol–water partition coefficient (Wildman–Crippen LogP) is 2.19. The third-order valence-corrected chi connectivity index (χ3v) is 4.11. The van der Waals surface area contributed by atoms with Crippen molar-refractivity contribution in [1.29, 1.82) is 0 Å². The van der Waals surface area contributed by atoms with Crippen LogP contribution in [-0.2, 0) is 6.42 Å². The first-order valence-electron chi connectivity index (χ1n) is 5.80. The molecule has 1 N–H and O–H groups in total. The Bertz CT molecular complexity index is 308. The third kappa shape index (κ3) is 3.42. The second-order valence-corrected chi connectivity index (χ2v) is 5.35. The highest BCUT2D eigenvalue weighted by Gasteiger charge is 2.15. The molecule has 1 aromatic rings. The van der Waals surface area contributed by atoms with Crippen LogP contribution in [0.25, 0.3) is 0 Å². The molecule has 1 aliphatic heterocycles. The van der Waals surface area contributed by atoms with Crippen molar-refractivity contribution in [3.05, 3.63) is 29.8 Å². The number of aryl methyl sites for hydroxylation is 1. The highest BCUT2D eigenvalue weighted by atomic mass is 32.2. The summed E-state index contributed by atoms with van der Waals surface area (Å²) < 4.78 is 5.14. The van der Waals surface area contributed by atoms with Gasteiger partial charge in [-0.05, 0) is 54.6 Å². The standard InChI is InChI=1S/C13H19NOS/c1-15-13-4-2-11(3-5-13)6-7-16-10-12-8-14-9-12/h2-5,12,14H,6-10H2,1H3. The molecule has 0 bridgehead atoms. The molecule has 1 aromatic carbocycles. The molecule has 1 fully saturated rings. The van der Waals surface area contributed by atoms with Crippen molar-refractivity contribution >= 4 is 11.8 Å². The molecule has 0 unspecified atom stereocenters. The lowest BCUT2D eigenvalue weighted by Gasteiger charge is -2.26. The van der Waals surface area contributed by atoms with Crippen LogP contribution in [0.15, 0.2) is 24.3 Å². The molecule has 2 nitrogen and oxygen atoms in total. The molecule has 0 atom stereocenters. The van der Waals surface area contributed by atoms with Crippen LogP contribution in [0.5, 0.6) is 5.75 Å². The molecular formula is C13H19NOS. The third-order valence-electron chi connectivity index (χ3n) is 2.91. The lowest BCUT2D eigenvalue weighted by atomic mass is 10.1. The number of hydrogen-bond donors (Lipinski definition) is 1. The van der Waals surface area contributed by atoms with Gasteiger partial charge in [-0.25, -0.2) is 0 Å². The first kappa shape index (κ1) is 11.8. The van der Waals surface area contributed by atoms with E-state index in [9.17, 15) is 0 Å². The van der Waals surface area contributed by atoms with Gasteiger partial charge in [0.2, 0.25) is 0 Å². The second kappa shape index (κ2) is 6.16. The van der Waals surface area contributed by atoms with E-state index in [1.165, 1.54) is 30.2 Å². The molecule has 88 valence electrons. The number of benzene rings is 1. The Kier molecular flexibility index (Phi) is 4.55. The smallest absolute Gasteiger partial charge is 0.118 e. The fourth-order valence-electron chi connectivity index (χ4n) is 1.70. The molecule has 0 radical (unpaired) electrons. The van der Waals surface area contributed by atoms with E-state index in [0.29, 0.717) is 0 Å². The number of nitrogens with one attached hydrogen (secondary N) is 1. The summed E-state index contributed by atoms with van der Waals surface area (Å²) in [6.07, 6.45) is 1.16. The van der Waals surface area contributed by atoms with E-state index in [4.69, 9.17) is 4.74 Å². The average molecular weight is 237 g/mol. The molecule has 0 aromatic heterocycles. The molecule has 1 heterocycles. The largest absolute Gasteiger partial charge is 0.497 e. The molecule has 0 amide bonds. The Morgan fingerprint density at radius 2 is 2.06 bits per heavy atom. The Labute approximate surface area is 102 Å². The normalized spacial score (nSPS) is 15.8. The maximum absolute atomic E-state index is 5.14. The minimum Gasteiger partial charge on any atom is -0.497 e. The van der Waals surface area contributed by atoms with Crippen molar-refractivity contribution in [3.63, 3.8) is 0 Å². The van der Waals surface area contributed by atoms with Crippen LogP contribution in [0.1, 0.15) is 5.56 Å². The number of thioether (sulfide) groups is 1. The molecule has 0 spiro atoms. The Morgan fingerprint density at radius 1 is 1.31 bits per heavy atom. The van der Waals surface area contributed by atoms with Gasteiger partial charge in [0.05, 0.1) is 7.11 Å². The topological polar surface area (TPSA) is 21.3 Å². The molecule has 0 aliphatic carbocycles. The highest BCUT2D eigenvalue weighted by Crippen LogP contribution is 2.16. The molecule has 1 aliphatic rings. The molecule has 3 heteroatoms. The van der Waals surface area contributed by atoms with Gasteiger partial charge in [0.1, 0.15) is 5.75 Å². The molecule has 16 heavy (non-hydrogen) atoms. The van der Waals surface area contributed by atoms with Crippen LogP contribution in [0, 0.1) is 5.92 Å². The Hall–Kier alpha value is -0.670. The minimum atomic E-state index is 0.917. The first-order valence-corrected chi connectivity index (χ1v) is 6.95. The van der Waals surface area contributed by atoms with E-state index >= 15 is 0 Å². The summed E-state index contributed by atoms with van der Waals surface area (Å²) >= 11 is 2.07. The molecule has 1 saturated heterocycles. The van der Waals surface area contributed by atoms with Gasteiger partial charge in [-0.1, -0.05) is 12.1 Å². The van der Waals surface area contributed by atoms with Gasteiger partial charge >= 0.3 is 0 Å². The summed E-state index contributed by atoms with van der Waals surface area (Å²) in [5, 5.41) is 3.31. The van der Waals surface area contributed by atoms with E-state index < -0.39 is 0 Å². The van der Waals surface area contributed by atoms with Gasteiger partial charge in [-0.2, -0.15) is 11.8 Å². The molecular weight excluding hydrogens is 218 g/mol. The number of methoxy groups -OCH3 is 1. The van der Waals surface area contributed by atoms with E-state index in [1.54, 1.807) is 7.11 Å². The molecule has 0 saturated carbocycles. The minimum absolute atomic E-state index is 0.917. The van der Waals surface area contributed by atoms with E-state index in [1.807, 2.05) is 12.1 Å². The van der Waals surface area contributed by atoms with Gasteiger partial charge in [0.15, 0.2) is 0 Å². The first-order chi connectivity index (χ1) is 7.88. The van der Waals surface area contributed by atoms with E-state index in [-0.39, 0.29) is 0 Å². The fourth-order valence-corrected chi connectivity index (χ4v) is 2.81. The van der Waals surface area contributed by atoms with Gasteiger partial charge in [0, 0.05) is 0 Å². The van der Waals surface area contributed by atoms with Gasteiger partial charge in [-0.3, -0.25) is 0 Å². The maximum Gasteiger partial charge on any atom is 0.118 e. The summed E-state index contributed by atoms with van der Waals surface area (Å²) in [4.78, 5) is 0. The monoisotopic (exact) mass is 237 g/mol. The highest BCUT2D eigenvalue weighted by molar-refractivity contribution is 7.99. The SMILES string of the molecule is COc1ccc(CCSCC2CNC2)cc1. The van der Waals surface area contributed by atoms with Crippen molar-refractivity contribution in [2.24, 2.45) is 5.92 Å². The zero-order valence-corrected chi connectivity index (χ0v) is 10.6. The van der Waals surface area contributed by atoms with Gasteiger partial charge in [0.25, 0.3) is 0 Å². The summed E-state index contributed by atoms with van der Waals surface area (Å²) in [6.45, 7) is 2.44. The zero-order chi connectivity index (χ0) is 11.2. The van der Waals surface area contributed by atoms with Crippen molar-refractivity contribution in [1.82, 2.24) is 5.32 Å². The molecule has 2 rings (SSSR count). The van der Waals surface area contributed by atoms with Crippen LogP contribution in [0.2, 0.25) is 0 Å². The fraction of sp³-hybridized carbons (Fsp3) is 0.538. The number of ether oxygens (including phenoxy) is 1. The van der Waals surface area contributed by atoms with Crippen LogP contribution in [0.4, 0.5) is 0 Å².